The second-order valence-corrected chi connectivity index (χ2v) is 6.02. The lowest BCUT2D eigenvalue weighted by atomic mass is 10.1. The molecule has 0 saturated heterocycles. The molecule has 1 N–H and O–H groups in total. The lowest BCUT2D eigenvalue weighted by Gasteiger charge is -2.21. The van der Waals surface area contributed by atoms with E-state index in [0.29, 0.717) is 6.61 Å². The molecule has 5 heteroatoms. The second-order valence-electron chi connectivity index (χ2n) is 5.16. The zero-order valence-corrected chi connectivity index (χ0v) is 12.2. The van der Waals surface area contributed by atoms with Crippen LogP contribution in [0.15, 0.2) is 22.7 Å². The number of nitrogens with one attached hydrogen (secondary N) is 1. The molecule has 1 aliphatic heterocycles. The monoisotopic (exact) mass is 313 g/mol. The average molecular weight is 314 g/mol. The molecule has 1 atom stereocenters. The first-order valence-corrected chi connectivity index (χ1v) is 6.57. The van der Waals surface area contributed by atoms with Gasteiger partial charge in [-0.25, -0.2) is 4.79 Å². The number of alkyl carbamates (subject to hydrolysis) is 1. The normalized spacial score (nSPS) is 17.9. The van der Waals surface area contributed by atoms with Crippen molar-refractivity contribution in [3.63, 3.8) is 0 Å². The number of rotatable bonds is 1. The topological polar surface area (TPSA) is 47.6 Å². The molecule has 1 heterocycles. The predicted octanol–water partition coefficient (Wildman–Crippen LogP) is 3.41. The molecule has 1 amide bonds. The van der Waals surface area contributed by atoms with Crippen LogP contribution in [0.3, 0.4) is 0 Å². The minimum Gasteiger partial charge on any atom is -0.491 e. The maximum Gasteiger partial charge on any atom is 0.408 e. The van der Waals surface area contributed by atoms with Crippen LogP contribution in [0.25, 0.3) is 0 Å². The van der Waals surface area contributed by atoms with Gasteiger partial charge in [0.1, 0.15) is 18.0 Å². The molecule has 98 valence electrons. The van der Waals surface area contributed by atoms with Gasteiger partial charge in [0.25, 0.3) is 0 Å². The Balaban J connectivity index is 2.08. The Labute approximate surface area is 115 Å². The van der Waals surface area contributed by atoms with Crippen LogP contribution in [0, 0.1) is 0 Å². The summed E-state index contributed by atoms with van der Waals surface area (Å²) in [6.07, 6.45) is -0.431. The maximum absolute atomic E-state index is 11.7. The van der Waals surface area contributed by atoms with Crippen LogP contribution in [0.1, 0.15) is 32.4 Å². The fourth-order valence-electron chi connectivity index (χ4n) is 1.80. The number of amides is 1. The van der Waals surface area contributed by atoms with E-state index in [1.807, 2.05) is 39.0 Å². The summed E-state index contributed by atoms with van der Waals surface area (Å²) >= 11 is 3.47. The summed E-state index contributed by atoms with van der Waals surface area (Å²) in [5.41, 5.74) is 0.462. The van der Waals surface area contributed by atoms with E-state index in [0.717, 1.165) is 15.8 Å². The minimum absolute atomic E-state index is 0.176. The molecule has 0 aliphatic carbocycles. The number of fused-ring (bicyclic) bond motifs is 1. The van der Waals surface area contributed by atoms with Gasteiger partial charge in [-0.3, -0.25) is 0 Å². The van der Waals surface area contributed by atoms with E-state index in [1.54, 1.807) is 0 Å². The summed E-state index contributed by atoms with van der Waals surface area (Å²) in [7, 11) is 0. The van der Waals surface area contributed by atoms with Gasteiger partial charge in [0.2, 0.25) is 0 Å². The molecular weight excluding hydrogens is 298 g/mol. The maximum atomic E-state index is 11.7. The first-order chi connectivity index (χ1) is 8.37. The number of hydrogen-bond acceptors (Lipinski definition) is 3. The molecule has 0 spiro atoms. The van der Waals surface area contributed by atoms with E-state index in [1.165, 1.54) is 0 Å². The second kappa shape index (κ2) is 4.80. The molecule has 0 aromatic heterocycles. The molecule has 0 bridgehead atoms. The molecule has 2 rings (SSSR count). The van der Waals surface area contributed by atoms with Crippen molar-refractivity contribution in [1.82, 2.24) is 5.32 Å². The molecule has 0 fully saturated rings. The average Bonchev–Trinajstić information content (AvgIpc) is 2.59. The highest BCUT2D eigenvalue weighted by atomic mass is 79.9. The lowest BCUT2D eigenvalue weighted by Crippen LogP contribution is -2.35. The van der Waals surface area contributed by atoms with Gasteiger partial charge in [-0.15, -0.1) is 0 Å². The number of carbonyl (C=O) groups excluding carboxylic acids is 1. The Morgan fingerprint density at radius 1 is 1.50 bits per heavy atom. The molecule has 1 aromatic carbocycles. The Bertz CT molecular complexity index is 468. The number of carbonyl (C=O) groups is 1. The third-order valence-corrected chi connectivity index (χ3v) is 3.15. The van der Waals surface area contributed by atoms with Crippen LogP contribution < -0.4 is 10.1 Å². The van der Waals surface area contributed by atoms with Crippen molar-refractivity contribution in [2.24, 2.45) is 0 Å². The summed E-state index contributed by atoms with van der Waals surface area (Å²) < 4.78 is 11.7. The van der Waals surface area contributed by atoms with E-state index < -0.39 is 11.7 Å². The molecular formula is C13H16BrNO3. The van der Waals surface area contributed by atoms with Crippen LogP contribution in [-0.4, -0.2) is 18.3 Å². The number of hydrogen-bond donors (Lipinski definition) is 1. The summed E-state index contributed by atoms with van der Waals surface area (Å²) in [6.45, 7) is 5.93. The fraction of sp³-hybridized carbons (Fsp3) is 0.462. The smallest absolute Gasteiger partial charge is 0.408 e. The summed E-state index contributed by atoms with van der Waals surface area (Å²) in [5, 5.41) is 2.82. The highest BCUT2D eigenvalue weighted by molar-refractivity contribution is 9.10. The Kier molecular flexibility index (Phi) is 3.52. The lowest BCUT2D eigenvalue weighted by molar-refractivity contribution is 0.0496. The number of ether oxygens (including phenoxy) is 2. The first kappa shape index (κ1) is 13.2. The molecule has 1 aromatic rings. The van der Waals surface area contributed by atoms with Crippen LogP contribution in [0.2, 0.25) is 0 Å². The minimum atomic E-state index is -0.500. The van der Waals surface area contributed by atoms with Crippen LogP contribution in [-0.2, 0) is 4.74 Å². The van der Waals surface area contributed by atoms with Gasteiger partial charge in [-0.1, -0.05) is 22.0 Å². The van der Waals surface area contributed by atoms with Crippen molar-refractivity contribution in [3.05, 3.63) is 28.2 Å². The van der Waals surface area contributed by atoms with E-state index in [4.69, 9.17) is 9.47 Å². The van der Waals surface area contributed by atoms with Gasteiger partial charge in [-0.2, -0.15) is 0 Å². The zero-order valence-electron chi connectivity index (χ0n) is 10.6. The van der Waals surface area contributed by atoms with Gasteiger partial charge in [0.15, 0.2) is 0 Å². The predicted molar refractivity (Wildman–Crippen MR) is 71.7 cm³/mol. The number of benzene rings is 1. The van der Waals surface area contributed by atoms with Crippen molar-refractivity contribution in [2.45, 2.75) is 32.4 Å². The Hall–Kier alpha value is -1.23. The van der Waals surface area contributed by atoms with Crippen LogP contribution >= 0.6 is 15.9 Å². The highest BCUT2D eigenvalue weighted by Crippen LogP contribution is 2.37. The van der Waals surface area contributed by atoms with Crippen LogP contribution in [0.4, 0.5) is 4.79 Å². The molecule has 18 heavy (non-hydrogen) atoms. The first-order valence-electron chi connectivity index (χ1n) is 5.77. The third kappa shape index (κ3) is 2.96. The fourth-order valence-corrected chi connectivity index (χ4v) is 2.43. The molecule has 0 saturated carbocycles. The van der Waals surface area contributed by atoms with Gasteiger partial charge in [0.05, 0.1) is 6.04 Å². The molecule has 0 radical (unpaired) electrons. The van der Waals surface area contributed by atoms with Crippen LogP contribution in [0.5, 0.6) is 5.75 Å². The standard InChI is InChI=1S/C13H16BrNO3/c1-13(2,3)18-12(16)15-9-7-17-10-6-4-5-8(14)11(9)10/h4-6,9H,7H2,1-3H3,(H,15,16)/t9-/m1/s1. The van der Waals surface area contributed by atoms with Crippen molar-refractivity contribution in [2.75, 3.05) is 6.61 Å². The zero-order chi connectivity index (χ0) is 13.3. The third-order valence-electron chi connectivity index (χ3n) is 2.46. The molecule has 0 unspecified atom stereocenters. The van der Waals surface area contributed by atoms with Crippen molar-refractivity contribution in [1.29, 1.82) is 0 Å². The summed E-state index contributed by atoms with van der Waals surface area (Å²) in [4.78, 5) is 11.7. The van der Waals surface area contributed by atoms with Gasteiger partial charge < -0.3 is 14.8 Å². The van der Waals surface area contributed by atoms with Crippen molar-refractivity contribution in [3.8, 4) is 5.75 Å². The van der Waals surface area contributed by atoms with Gasteiger partial charge in [0, 0.05) is 10.0 Å². The molecule has 1 aliphatic rings. The van der Waals surface area contributed by atoms with Gasteiger partial charge >= 0.3 is 6.09 Å². The van der Waals surface area contributed by atoms with E-state index in [-0.39, 0.29) is 6.04 Å². The highest BCUT2D eigenvalue weighted by Gasteiger charge is 2.29. The quantitative estimate of drug-likeness (QED) is 0.864. The largest absolute Gasteiger partial charge is 0.491 e. The van der Waals surface area contributed by atoms with E-state index >= 15 is 0 Å². The SMILES string of the molecule is CC(C)(C)OC(=O)N[C@@H]1COc2cccc(Br)c21. The molecule has 4 nitrogen and oxygen atoms in total. The van der Waals surface area contributed by atoms with E-state index in [9.17, 15) is 4.79 Å². The Morgan fingerprint density at radius 2 is 2.22 bits per heavy atom. The summed E-state index contributed by atoms with van der Waals surface area (Å²) in [5.74, 6) is 0.797. The van der Waals surface area contributed by atoms with E-state index in [2.05, 4.69) is 21.2 Å². The number of halogens is 1. The van der Waals surface area contributed by atoms with Crippen molar-refractivity contribution < 1.29 is 14.3 Å². The van der Waals surface area contributed by atoms with Crippen molar-refractivity contribution >= 4 is 22.0 Å². The summed E-state index contributed by atoms with van der Waals surface area (Å²) in [6, 6.07) is 5.54. The van der Waals surface area contributed by atoms with Gasteiger partial charge in [-0.05, 0) is 32.9 Å². The Morgan fingerprint density at radius 3 is 2.89 bits per heavy atom.